The molecule has 31 heavy (non-hydrogen) atoms. The molecule has 2 aromatic carbocycles. The molecule has 0 saturated heterocycles. The molecule has 2 heterocycles. The Morgan fingerprint density at radius 2 is 2.00 bits per heavy atom. The molecule has 4 rings (SSSR count). The molecule has 0 unspecified atom stereocenters. The minimum absolute atomic E-state index is 0.245. The smallest absolute Gasteiger partial charge is 0.265 e. The number of anilines is 1. The van der Waals surface area contributed by atoms with E-state index >= 15 is 0 Å². The van der Waals surface area contributed by atoms with Crippen LogP contribution in [0.2, 0.25) is 0 Å². The van der Waals surface area contributed by atoms with Gasteiger partial charge in [-0.1, -0.05) is 24.6 Å². The number of methoxy groups -OCH3 is 1. The molecule has 0 spiro atoms. The first kappa shape index (κ1) is 20.9. The summed E-state index contributed by atoms with van der Waals surface area (Å²) in [5.74, 6) is 2.87. The molecule has 0 bridgehead atoms. The highest BCUT2D eigenvalue weighted by atomic mass is 16.5. The van der Waals surface area contributed by atoms with E-state index in [4.69, 9.17) is 9.47 Å². The van der Waals surface area contributed by atoms with Crippen molar-refractivity contribution in [1.82, 2.24) is 14.8 Å². The topological polar surface area (TPSA) is 78.3 Å². The van der Waals surface area contributed by atoms with Crippen LogP contribution in [0.15, 0.2) is 42.5 Å². The number of carbonyl (C=O) groups is 1. The third-order valence-corrected chi connectivity index (χ3v) is 5.50. The number of rotatable bonds is 6. The number of benzene rings is 2. The summed E-state index contributed by atoms with van der Waals surface area (Å²) in [5, 5.41) is 11.7. The molecule has 3 aromatic rings. The molecule has 162 valence electrons. The fourth-order valence-corrected chi connectivity index (χ4v) is 3.82. The summed E-state index contributed by atoms with van der Waals surface area (Å²) in [6, 6.07) is 13.3. The highest BCUT2D eigenvalue weighted by Crippen LogP contribution is 2.27. The van der Waals surface area contributed by atoms with Gasteiger partial charge in [0.1, 0.15) is 17.3 Å². The van der Waals surface area contributed by atoms with Gasteiger partial charge in [-0.25, -0.2) is 0 Å². The average Bonchev–Trinajstić information content (AvgIpc) is 3.02. The molecule has 1 atom stereocenters. The predicted octanol–water partition coefficient (Wildman–Crippen LogP) is 4.39. The molecule has 0 saturated carbocycles. The molecule has 0 radical (unpaired) electrons. The number of amides is 1. The van der Waals surface area contributed by atoms with Crippen LogP contribution in [0, 0.1) is 6.92 Å². The summed E-state index contributed by atoms with van der Waals surface area (Å²) in [5.41, 5.74) is 2.60. The van der Waals surface area contributed by atoms with E-state index in [9.17, 15) is 4.79 Å². The van der Waals surface area contributed by atoms with Gasteiger partial charge in [0.2, 0.25) is 0 Å². The monoisotopic (exact) mass is 420 g/mol. The van der Waals surface area contributed by atoms with Gasteiger partial charge < -0.3 is 19.4 Å². The molecule has 1 amide bonds. The van der Waals surface area contributed by atoms with Crippen molar-refractivity contribution in [2.24, 2.45) is 0 Å². The van der Waals surface area contributed by atoms with Crippen molar-refractivity contribution < 1.29 is 14.3 Å². The van der Waals surface area contributed by atoms with E-state index in [2.05, 4.69) is 20.1 Å². The van der Waals surface area contributed by atoms with Crippen LogP contribution in [0.1, 0.15) is 37.6 Å². The van der Waals surface area contributed by atoms with Gasteiger partial charge in [0.15, 0.2) is 11.9 Å². The molecule has 7 heteroatoms. The number of fused-ring (bicyclic) bond motifs is 1. The van der Waals surface area contributed by atoms with Gasteiger partial charge in [-0.05, 0) is 56.5 Å². The van der Waals surface area contributed by atoms with Crippen LogP contribution in [0.4, 0.5) is 5.69 Å². The van der Waals surface area contributed by atoms with Crippen LogP contribution < -0.4 is 14.8 Å². The SMILES string of the molecule is COc1ccc(C)cc1NC(=O)[C@@H](C)Oc1cccc(-c2nnc3n2CCCCC3)c1. The van der Waals surface area contributed by atoms with Crippen molar-refractivity contribution in [1.29, 1.82) is 0 Å². The zero-order chi connectivity index (χ0) is 21.8. The van der Waals surface area contributed by atoms with Gasteiger partial charge in [-0.2, -0.15) is 0 Å². The number of aromatic nitrogens is 3. The van der Waals surface area contributed by atoms with Gasteiger partial charge in [0.25, 0.3) is 5.91 Å². The van der Waals surface area contributed by atoms with Crippen LogP contribution >= 0.6 is 0 Å². The Kier molecular flexibility index (Phi) is 6.21. The first-order valence-electron chi connectivity index (χ1n) is 10.7. The van der Waals surface area contributed by atoms with Gasteiger partial charge in [-0.15, -0.1) is 10.2 Å². The van der Waals surface area contributed by atoms with E-state index in [1.165, 1.54) is 6.42 Å². The van der Waals surface area contributed by atoms with Crippen molar-refractivity contribution in [3.8, 4) is 22.9 Å². The summed E-state index contributed by atoms with van der Waals surface area (Å²) in [6.45, 7) is 4.62. The maximum absolute atomic E-state index is 12.7. The zero-order valence-corrected chi connectivity index (χ0v) is 18.2. The fraction of sp³-hybridized carbons (Fsp3) is 0.375. The number of carbonyl (C=O) groups excluding carboxylic acids is 1. The van der Waals surface area contributed by atoms with E-state index < -0.39 is 6.10 Å². The Hall–Kier alpha value is -3.35. The highest BCUT2D eigenvalue weighted by Gasteiger charge is 2.19. The summed E-state index contributed by atoms with van der Waals surface area (Å²) < 4.78 is 13.5. The maximum Gasteiger partial charge on any atom is 0.265 e. The molecule has 1 aromatic heterocycles. The van der Waals surface area contributed by atoms with Gasteiger partial charge in [0.05, 0.1) is 12.8 Å². The molecule has 1 aliphatic rings. The van der Waals surface area contributed by atoms with Crippen LogP contribution in [0.3, 0.4) is 0 Å². The Morgan fingerprint density at radius 1 is 1.13 bits per heavy atom. The minimum Gasteiger partial charge on any atom is -0.495 e. The molecule has 1 N–H and O–H groups in total. The minimum atomic E-state index is -0.684. The average molecular weight is 421 g/mol. The number of nitrogens with one attached hydrogen (secondary N) is 1. The van der Waals surface area contributed by atoms with Crippen LogP contribution in [-0.4, -0.2) is 33.9 Å². The number of nitrogens with zero attached hydrogens (tertiary/aromatic N) is 3. The highest BCUT2D eigenvalue weighted by molar-refractivity contribution is 5.95. The lowest BCUT2D eigenvalue weighted by Gasteiger charge is -2.17. The fourth-order valence-electron chi connectivity index (χ4n) is 3.82. The van der Waals surface area contributed by atoms with Crippen LogP contribution in [0.5, 0.6) is 11.5 Å². The summed E-state index contributed by atoms with van der Waals surface area (Å²) in [7, 11) is 1.58. The largest absolute Gasteiger partial charge is 0.495 e. The molecular formula is C24H28N4O3. The van der Waals surface area contributed by atoms with E-state index in [1.54, 1.807) is 14.0 Å². The number of aryl methyl sites for hydroxylation is 2. The lowest BCUT2D eigenvalue weighted by molar-refractivity contribution is -0.122. The number of hydrogen-bond donors (Lipinski definition) is 1. The van der Waals surface area contributed by atoms with Crippen molar-refractivity contribution in [3.05, 3.63) is 53.9 Å². The molecule has 7 nitrogen and oxygen atoms in total. The first-order valence-corrected chi connectivity index (χ1v) is 10.7. The van der Waals surface area contributed by atoms with E-state index in [-0.39, 0.29) is 5.91 Å². The molecule has 0 aliphatic carbocycles. The van der Waals surface area contributed by atoms with Crippen molar-refractivity contribution in [2.45, 2.75) is 52.2 Å². The Bertz CT molecular complexity index is 1080. The maximum atomic E-state index is 12.7. The quantitative estimate of drug-likeness (QED) is 0.640. The van der Waals surface area contributed by atoms with E-state index in [0.717, 1.165) is 48.6 Å². The molecular weight excluding hydrogens is 392 g/mol. The van der Waals surface area contributed by atoms with Crippen LogP contribution in [0.25, 0.3) is 11.4 Å². The third-order valence-electron chi connectivity index (χ3n) is 5.50. The van der Waals surface area contributed by atoms with Gasteiger partial charge in [-0.3, -0.25) is 4.79 Å². The second-order valence-corrected chi connectivity index (χ2v) is 7.88. The lowest BCUT2D eigenvalue weighted by atomic mass is 10.2. The summed E-state index contributed by atoms with van der Waals surface area (Å²) in [6.07, 6.45) is 3.77. The van der Waals surface area contributed by atoms with Crippen LogP contribution in [-0.2, 0) is 17.8 Å². The van der Waals surface area contributed by atoms with E-state index in [0.29, 0.717) is 17.2 Å². The third kappa shape index (κ3) is 4.71. The Balaban J connectivity index is 1.48. The van der Waals surface area contributed by atoms with Gasteiger partial charge >= 0.3 is 0 Å². The van der Waals surface area contributed by atoms with Crippen molar-refractivity contribution in [3.63, 3.8) is 0 Å². The second-order valence-electron chi connectivity index (χ2n) is 7.88. The molecule has 1 aliphatic heterocycles. The predicted molar refractivity (Wildman–Crippen MR) is 119 cm³/mol. The summed E-state index contributed by atoms with van der Waals surface area (Å²) in [4.78, 5) is 12.7. The van der Waals surface area contributed by atoms with E-state index in [1.807, 2.05) is 49.4 Å². The first-order chi connectivity index (χ1) is 15.0. The Morgan fingerprint density at radius 3 is 2.84 bits per heavy atom. The molecule has 0 fully saturated rings. The van der Waals surface area contributed by atoms with Gasteiger partial charge in [0, 0.05) is 18.5 Å². The second kappa shape index (κ2) is 9.20. The number of ether oxygens (including phenoxy) is 2. The zero-order valence-electron chi connectivity index (χ0n) is 18.2. The number of hydrogen-bond acceptors (Lipinski definition) is 5. The van der Waals surface area contributed by atoms with Crippen molar-refractivity contribution >= 4 is 11.6 Å². The summed E-state index contributed by atoms with van der Waals surface area (Å²) >= 11 is 0. The Labute approximate surface area is 182 Å². The lowest BCUT2D eigenvalue weighted by Crippen LogP contribution is -2.30. The standard InChI is InChI=1S/C24H28N4O3/c1-16-11-12-21(30-3)20(14-16)25-24(29)17(2)31-19-9-7-8-18(15-19)23-27-26-22-10-5-4-6-13-28(22)23/h7-9,11-12,14-15,17H,4-6,10,13H2,1-3H3,(H,25,29)/t17-/m1/s1. The normalized spacial score (nSPS) is 14.3. The van der Waals surface area contributed by atoms with Crippen molar-refractivity contribution in [2.75, 3.05) is 12.4 Å².